The van der Waals surface area contributed by atoms with Crippen molar-refractivity contribution in [3.63, 3.8) is 0 Å². The maximum absolute atomic E-state index is 2.68. The van der Waals surface area contributed by atoms with Crippen molar-refractivity contribution >= 4 is 13.2 Å². The van der Waals surface area contributed by atoms with Gasteiger partial charge in [-0.1, -0.05) is 124 Å². The van der Waals surface area contributed by atoms with E-state index in [0.29, 0.717) is 17.8 Å². The van der Waals surface area contributed by atoms with Gasteiger partial charge in [0.2, 0.25) is 0 Å². The molecule has 0 heterocycles. The molecule has 0 bridgehead atoms. The van der Waals surface area contributed by atoms with E-state index in [1.807, 2.05) is 5.30 Å². The molecule has 2 saturated carbocycles. The van der Waals surface area contributed by atoms with Gasteiger partial charge >= 0.3 is 0 Å². The molecule has 2 fully saturated rings. The average Bonchev–Trinajstić information content (AvgIpc) is 2.85. The first kappa shape index (κ1) is 25.9. The van der Waals surface area contributed by atoms with Crippen molar-refractivity contribution in [1.29, 1.82) is 0 Å². The van der Waals surface area contributed by atoms with Crippen LogP contribution in [0.5, 0.6) is 0 Å². The first-order chi connectivity index (χ1) is 16.4. The van der Waals surface area contributed by atoms with Crippen LogP contribution >= 0.6 is 7.92 Å². The van der Waals surface area contributed by atoms with E-state index >= 15 is 0 Å². The summed E-state index contributed by atoms with van der Waals surface area (Å²) in [6.45, 7) is 14.7. The number of hydrogen-bond donors (Lipinski definition) is 0. The first-order valence-electron chi connectivity index (χ1n) is 14.4. The third kappa shape index (κ3) is 5.48. The van der Waals surface area contributed by atoms with Crippen LogP contribution in [-0.2, 0) is 0 Å². The molecule has 4 rings (SSSR count). The zero-order valence-corrected chi connectivity index (χ0v) is 23.8. The molecular formula is C33H49P. The zero-order chi connectivity index (χ0) is 24.2. The van der Waals surface area contributed by atoms with Gasteiger partial charge in [0.1, 0.15) is 0 Å². The van der Waals surface area contributed by atoms with E-state index in [4.69, 9.17) is 0 Å². The van der Waals surface area contributed by atoms with Crippen LogP contribution in [0.25, 0.3) is 11.1 Å². The van der Waals surface area contributed by atoms with Crippen LogP contribution in [0.4, 0.5) is 0 Å². The Morgan fingerprint density at radius 3 is 1.56 bits per heavy atom. The van der Waals surface area contributed by atoms with Crippen LogP contribution in [0.15, 0.2) is 36.4 Å². The normalized spacial score (nSPS) is 18.5. The summed E-state index contributed by atoms with van der Waals surface area (Å²) in [6.07, 6.45) is 14.7. The number of hydrogen-bond acceptors (Lipinski definition) is 0. The van der Waals surface area contributed by atoms with E-state index in [9.17, 15) is 0 Å². The van der Waals surface area contributed by atoms with Gasteiger partial charge in [-0.25, -0.2) is 0 Å². The molecule has 2 aromatic rings. The molecule has 0 unspecified atom stereocenters. The average molecular weight is 477 g/mol. The van der Waals surface area contributed by atoms with E-state index in [-0.39, 0.29) is 7.92 Å². The molecule has 0 saturated heterocycles. The standard InChI is InChI=1S/C33H49P/c1-23(2)29-22-30(24(3)4)33(31(25(5)6)32(29)26-16-10-7-11-17-26)34(27-18-12-8-13-19-27)28-20-14-9-15-21-28/h7,10-11,16-17,22-25,27-28H,8-9,12-15,18-21H2,1-6H3. The fourth-order valence-corrected chi connectivity index (χ4v) is 11.2. The Kier molecular flexibility index (Phi) is 8.96. The smallest absolute Gasteiger partial charge is 0.0108 e. The van der Waals surface area contributed by atoms with Gasteiger partial charge in [0.25, 0.3) is 0 Å². The Labute approximate surface area is 212 Å². The third-order valence-corrected chi connectivity index (χ3v) is 12.1. The third-order valence-electron chi connectivity index (χ3n) is 8.48. The molecule has 34 heavy (non-hydrogen) atoms. The molecule has 2 aliphatic carbocycles. The SMILES string of the molecule is CC(C)c1cc(C(C)C)c(P(C2CCCCC2)C2CCCCC2)c(C(C)C)c1-c1ccccc1. The molecule has 0 aromatic heterocycles. The highest BCUT2D eigenvalue weighted by molar-refractivity contribution is 7.67. The minimum absolute atomic E-state index is 0.137. The summed E-state index contributed by atoms with van der Waals surface area (Å²) in [5.74, 6) is 1.68. The highest BCUT2D eigenvalue weighted by atomic mass is 31.1. The summed E-state index contributed by atoms with van der Waals surface area (Å²) in [7, 11) is -0.137. The maximum atomic E-state index is 2.68. The molecular weight excluding hydrogens is 427 g/mol. The second-order valence-electron chi connectivity index (χ2n) is 12.0. The summed E-state index contributed by atoms with van der Waals surface area (Å²) >= 11 is 0. The number of benzene rings is 2. The van der Waals surface area contributed by atoms with E-state index in [0.717, 1.165) is 11.3 Å². The van der Waals surface area contributed by atoms with Crippen molar-refractivity contribution in [2.75, 3.05) is 0 Å². The monoisotopic (exact) mass is 476 g/mol. The Morgan fingerprint density at radius 2 is 1.12 bits per heavy atom. The molecule has 0 N–H and O–H groups in total. The van der Waals surface area contributed by atoms with E-state index in [1.54, 1.807) is 22.3 Å². The van der Waals surface area contributed by atoms with E-state index < -0.39 is 0 Å². The summed E-state index contributed by atoms with van der Waals surface area (Å²) in [4.78, 5) is 0. The predicted octanol–water partition coefficient (Wildman–Crippen LogP) is 10.5. The van der Waals surface area contributed by atoms with Gasteiger partial charge in [0, 0.05) is 0 Å². The quantitative estimate of drug-likeness (QED) is 0.349. The van der Waals surface area contributed by atoms with Crippen molar-refractivity contribution < 1.29 is 0 Å². The van der Waals surface area contributed by atoms with Crippen molar-refractivity contribution in [3.05, 3.63) is 53.1 Å². The predicted molar refractivity (Wildman–Crippen MR) is 154 cm³/mol. The van der Waals surface area contributed by atoms with Gasteiger partial charge in [0.05, 0.1) is 0 Å². The topological polar surface area (TPSA) is 0 Å². The number of rotatable bonds is 7. The van der Waals surface area contributed by atoms with Gasteiger partial charge in [0.15, 0.2) is 0 Å². The molecule has 0 aliphatic heterocycles. The molecule has 1 heteroatoms. The molecule has 0 spiro atoms. The molecule has 0 nitrogen and oxygen atoms in total. The van der Waals surface area contributed by atoms with Crippen LogP contribution < -0.4 is 5.30 Å². The van der Waals surface area contributed by atoms with Crippen LogP contribution in [0.3, 0.4) is 0 Å². The van der Waals surface area contributed by atoms with Crippen LogP contribution in [0.1, 0.15) is 140 Å². The second-order valence-corrected chi connectivity index (χ2v) is 14.7. The van der Waals surface area contributed by atoms with Crippen LogP contribution in [-0.4, -0.2) is 11.3 Å². The highest BCUT2D eigenvalue weighted by Crippen LogP contribution is 2.58. The van der Waals surface area contributed by atoms with Crippen molar-refractivity contribution in [2.24, 2.45) is 0 Å². The molecule has 186 valence electrons. The second kappa shape index (κ2) is 11.7. The largest absolute Gasteiger partial charge is 0.0683 e. The first-order valence-corrected chi connectivity index (χ1v) is 15.9. The zero-order valence-electron chi connectivity index (χ0n) is 22.9. The van der Waals surface area contributed by atoms with Crippen molar-refractivity contribution in [3.8, 4) is 11.1 Å². The van der Waals surface area contributed by atoms with Gasteiger partial charge in [-0.3, -0.25) is 0 Å². The summed E-state index contributed by atoms with van der Waals surface area (Å²) in [5.41, 5.74) is 9.91. The summed E-state index contributed by atoms with van der Waals surface area (Å²) < 4.78 is 0. The Bertz CT molecular complexity index is 893. The van der Waals surface area contributed by atoms with Crippen LogP contribution in [0.2, 0.25) is 0 Å². The fourth-order valence-electron chi connectivity index (χ4n) is 6.79. The molecule has 2 aromatic carbocycles. The molecule has 0 amide bonds. The van der Waals surface area contributed by atoms with Gasteiger partial charge in [-0.05, 0) is 87.9 Å². The lowest BCUT2D eigenvalue weighted by Crippen LogP contribution is -2.31. The Morgan fingerprint density at radius 1 is 0.618 bits per heavy atom. The maximum Gasteiger partial charge on any atom is -0.0108 e. The minimum atomic E-state index is -0.137. The summed E-state index contributed by atoms with van der Waals surface area (Å²) in [5, 5.41) is 1.86. The molecule has 2 aliphatic rings. The van der Waals surface area contributed by atoms with Gasteiger partial charge in [-0.2, -0.15) is 0 Å². The van der Waals surface area contributed by atoms with Crippen molar-refractivity contribution in [1.82, 2.24) is 0 Å². The molecule has 0 atom stereocenters. The lowest BCUT2D eigenvalue weighted by Gasteiger charge is -2.42. The van der Waals surface area contributed by atoms with Crippen molar-refractivity contribution in [2.45, 2.75) is 135 Å². The minimum Gasteiger partial charge on any atom is -0.0683 e. The lowest BCUT2D eigenvalue weighted by atomic mass is 9.81. The van der Waals surface area contributed by atoms with Crippen LogP contribution in [0, 0.1) is 0 Å². The Hall–Kier alpha value is -1.13. The van der Waals surface area contributed by atoms with Gasteiger partial charge in [-0.15, -0.1) is 0 Å². The highest BCUT2D eigenvalue weighted by Gasteiger charge is 2.37. The lowest BCUT2D eigenvalue weighted by molar-refractivity contribution is 0.486. The Balaban J connectivity index is 2.03. The van der Waals surface area contributed by atoms with Gasteiger partial charge < -0.3 is 0 Å². The van der Waals surface area contributed by atoms with E-state index in [2.05, 4.69) is 77.9 Å². The fraction of sp³-hybridized carbons (Fsp3) is 0.636. The summed E-state index contributed by atoms with van der Waals surface area (Å²) in [6, 6.07) is 14.1. The molecule has 0 radical (unpaired) electrons. The van der Waals surface area contributed by atoms with E-state index in [1.165, 1.54) is 69.8 Å².